The lowest BCUT2D eigenvalue weighted by Gasteiger charge is -2.32. The van der Waals surface area contributed by atoms with Gasteiger partial charge in [-0.05, 0) is 51.1 Å². The molecule has 1 aliphatic rings. The van der Waals surface area contributed by atoms with Crippen LogP contribution in [0.25, 0.3) is 0 Å². The van der Waals surface area contributed by atoms with Crippen LogP contribution in [0.15, 0.2) is 33.6 Å². The molecule has 0 radical (unpaired) electrons. The smallest absolute Gasteiger partial charge is 0.238 e. The molecule has 1 aliphatic heterocycles. The summed E-state index contributed by atoms with van der Waals surface area (Å²) >= 11 is 5.05. The van der Waals surface area contributed by atoms with Crippen LogP contribution in [0.3, 0.4) is 0 Å². The largest absolute Gasteiger partial charge is 0.340 e. The van der Waals surface area contributed by atoms with Crippen molar-refractivity contribution in [2.24, 2.45) is 0 Å². The van der Waals surface area contributed by atoms with Crippen molar-refractivity contribution < 1.29 is 4.79 Å². The van der Waals surface area contributed by atoms with Crippen LogP contribution >= 0.6 is 40.1 Å². The first-order valence-corrected chi connectivity index (χ1v) is 8.43. The number of hydrogen-bond acceptors (Lipinski definition) is 3. The van der Waals surface area contributed by atoms with Crippen LogP contribution in [0, 0.1) is 0 Å². The molecule has 0 aliphatic carbocycles. The van der Waals surface area contributed by atoms with Crippen LogP contribution in [0.2, 0.25) is 0 Å². The number of carbonyl (C=O) groups is 1. The van der Waals surface area contributed by atoms with E-state index >= 15 is 0 Å². The Kier molecular flexibility index (Phi) is 7.04. The summed E-state index contributed by atoms with van der Waals surface area (Å²) < 4.78 is 0.602. The van der Waals surface area contributed by atoms with Crippen LogP contribution in [-0.4, -0.2) is 41.7 Å². The number of amides is 1. The number of nitrogens with one attached hydrogen (secondary N) is 1. The zero-order chi connectivity index (χ0) is 14.8. The van der Waals surface area contributed by atoms with Gasteiger partial charge >= 0.3 is 0 Å². The molecule has 1 heterocycles. The molecule has 0 spiro atoms. The van der Waals surface area contributed by atoms with E-state index in [-0.39, 0.29) is 18.3 Å². The lowest BCUT2D eigenvalue weighted by Crippen LogP contribution is -2.47. The lowest BCUT2D eigenvalue weighted by atomic mass is 10.1. The van der Waals surface area contributed by atoms with Crippen molar-refractivity contribution >= 4 is 46.0 Å². The van der Waals surface area contributed by atoms with Crippen molar-refractivity contribution in [1.29, 1.82) is 0 Å². The minimum Gasteiger partial charge on any atom is -0.340 e. The Bertz CT molecular complexity index is 475. The summed E-state index contributed by atoms with van der Waals surface area (Å²) in [6.45, 7) is 5.91. The van der Waals surface area contributed by atoms with Crippen LogP contribution in [0.1, 0.15) is 20.3 Å². The Morgan fingerprint density at radius 3 is 2.52 bits per heavy atom. The van der Waals surface area contributed by atoms with Gasteiger partial charge in [-0.3, -0.25) is 4.79 Å². The van der Waals surface area contributed by atoms with Gasteiger partial charge in [0.1, 0.15) is 0 Å². The van der Waals surface area contributed by atoms with Gasteiger partial charge in [0.05, 0.1) is 4.75 Å². The second kappa shape index (κ2) is 7.86. The molecule has 1 unspecified atom stereocenters. The molecule has 2 rings (SSSR count). The number of hydrogen-bond donors (Lipinski definition) is 1. The minimum absolute atomic E-state index is 0. The van der Waals surface area contributed by atoms with Crippen molar-refractivity contribution in [2.45, 2.75) is 36.0 Å². The van der Waals surface area contributed by atoms with Gasteiger partial charge in [0.15, 0.2) is 0 Å². The monoisotopic (exact) mass is 392 g/mol. The van der Waals surface area contributed by atoms with E-state index in [1.54, 1.807) is 11.8 Å². The molecule has 1 aromatic carbocycles. The fourth-order valence-corrected chi connectivity index (χ4v) is 3.76. The maximum Gasteiger partial charge on any atom is 0.238 e. The van der Waals surface area contributed by atoms with Crippen molar-refractivity contribution in [3.05, 3.63) is 28.7 Å². The molecule has 3 nitrogen and oxygen atoms in total. The van der Waals surface area contributed by atoms with Crippen LogP contribution in [-0.2, 0) is 4.79 Å². The fraction of sp³-hybridized carbons (Fsp3) is 0.533. The Morgan fingerprint density at radius 1 is 1.38 bits per heavy atom. The van der Waals surface area contributed by atoms with E-state index in [9.17, 15) is 4.79 Å². The van der Waals surface area contributed by atoms with Crippen LogP contribution in [0.5, 0.6) is 0 Å². The van der Waals surface area contributed by atoms with Gasteiger partial charge in [-0.15, -0.1) is 24.2 Å². The van der Waals surface area contributed by atoms with Gasteiger partial charge in [-0.2, -0.15) is 0 Å². The second-order valence-corrected chi connectivity index (χ2v) is 8.24. The maximum absolute atomic E-state index is 12.7. The summed E-state index contributed by atoms with van der Waals surface area (Å²) in [6, 6.07) is 8.43. The minimum atomic E-state index is -0.453. The average Bonchev–Trinajstić information content (AvgIpc) is 2.93. The first-order chi connectivity index (χ1) is 9.40. The molecule has 1 atom stereocenters. The average molecular weight is 394 g/mol. The van der Waals surface area contributed by atoms with E-state index in [1.807, 2.05) is 50.1 Å². The fourth-order valence-electron chi connectivity index (χ4n) is 2.40. The number of nitrogens with zero attached hydrogens (tertiary/aromatic N) is 1. The van der Waals surface area contributed by atoms with E-state index in [0.717, 1.165) is 28.9 Å². The molecule has 1 saturated heterocycles. The number of carbonyl (C=O) groups excluding carboxylic acids is 1. The van der Waals surface area contributed by atoms with Gasteiger partial charge in [0.25, 0.3) is 0 Å². The van der Waals surface area contributed by atoms with Crippen molar-refractivity contribution in [3.8, 4) is 0 Å². The molecule has 0 bridgehead atoms. The first-order valence-electron chi connectivity index (χ1n) is 6.83. The summed E-state index contributed by atoms with van der Waals surface area (Å²) in [5, 5.41) is 3.31. The number of likely N-dealkylation sites (N-methyl/N-ethyl adjacent to an activating group) is 1. The van der Waals surface area contributed by atoms with E-state index < -0.39 is 4.75 Å². The summed E-state index contributed by atoms with van der Waals surface area (Å²) in [6.07, 6.45) is 1.04. The molecule has 6 heteroatoms. The number of benzene rings is 1. The van der Waals surface area contributed by atoms with Crippen LogP contribution in [0.4, 0.5) is 0 Å². The summed E-state index contributed by atoms with van der Waals surface area (Å²) in [4.78, 5) is 15.7. The van der Waals surface area contributed by atoms with Gasteiger partial charge in [0.2, 0.25) is 5.91 Å². The third-order valence-electron chi connectivity index (χ3n) is 3.60. The van der Waals surface area contributed by atoms with E-state index in [0.29, 0.717) is 6.04 Å². The third kappa shape index (κ3) is 4.88. The Balaban J connectivity index is 0.00000220. The number of rotatable bonds is 4. The quantitative estimate of drug-likeness (QED) is 0.794. The molecular weight excluding hydrogens is 372 g/mol. The van der Waals surface area contributed by atoms with Crippen molar-refractivity contribution in [2.75, 3.05) is 20.1 Å². The van der Waals surface area contributed by atoms with E-state index in [4.69, 9.17) is 0 Å². The molecule has 1 aromatic rings. The van der Waals surface area contributed by atoms with Gasteiger partial charge in [-0.1, -0.05) is 15.9 Å². The highest BCUT2D eigenvalue weighted by Gasteiger charge is 2.35. The van der Waals surface area contributed by atoms with Gasteiger partial charge < -0.3 is 10.2 Å². The highest BCUT2D eigenvalue weighted by molar-refractivity contribution is 9.10. The Hall–Kier alpha value is -0.230. The lowest BCUT2D eigenvalue weighted by molar-refractivity contribution is -0.133. The zero-order valence-corrected chi connectivity index (χ0v) is 15.8. The number of halogens is 2. The molecule has 1 fully saturated rings. The van der Waals surface area contributed by atoms with E-state index in [2.05, 4.69) is 21.2 Å². The molecule has 0 aromatic heterocycles. The molecule has 118 valence electrons. The topological polar surface area (TPSA) is 32.3 Å². The van der Waals surface area contributed by atoms with E-state index in [1.165, 1.54) is 0 Å². The van der Waals surface area contributed by atoms with Gasteiger partial charge in [-0.25, -0.2) is 0 Å². The predicted molar refractivity (Wildman–Crippen MR) is 95.4 cm³/mol. The summed E-state index contributed by atoms with van der Waals surface area (Å²) in [5.74, 6) is 0.194. The molecule has 1 N–H and O–H groups in total. The maximum atomic E-state index is 12.7. The highest BCUT2D eigenvalue weighted by atomic mass is 79.9. The summed E-state index contributed by atoms with van der Waals surface area (Å²) in [5.41, 5.74) is 0. The Labute approximate surface area is 145 Å². The SMILES string of the molecule is CN(C(=O)C(C)(C)Sc1ccc(Br)cc1)C1CCNC1.Cl. The second-order valence-electron chi connectivity index (χ2n) is 5.63. The molecule has 1 amide bonds. The zero-order valence-electron chi connectivity index (χ0n) is 12.6. The summed E-state index contributed by atoms with van der Waals surface area (Å²) in [7, 11) is 1.92. The normalized spacial score (nSPS) is 18.2. The predicted octanol–water partition coefficient (Wildman–Crippen LogP) is 3.56. The Morgan fingerprint density at radius 2 is 2.00 bits per heavy atom. The van der Waals surface area contributed by atoms with Crippen molar-refractivity contribution in [1.82, 2.24) is 10.2 Å². The number of thioether (sulfide) groups is 1. The highest BCUT2D eigenvalue weighted by Crippen LogP contribution is 2.35. The first kappa shape index (κ1) is 18.8. The van der Waals surface area contributed by atoms with Crippen molar-refractivity contribution in [3.63, 3.8) is 0 Å². The molecule has 21 heavy (non-hydrogen) atoms. The van der Waals surface area contributed by atoms with Crippen LogP contribution < -0.4 is 5.32 Å². The van der Waals surface area contributed by atoms with Gasteiger partial charge in [0, 0.05) is 29.0 Å². The molecular formula is C15H22BrClN2OS. The molecule has 0 saturated carbocycles. The standard InChI is InChI=1S/C15H21BrN2OS.ClH/c1-15(2,20-13-6-4-11(16)5-7-13)14(19)18(3)12-8-9-17-10-12;/h4-7,12,17H,8-10H2,1-3H3;1H. The third-order valence-corrected chi connectivity index (χ3v) is 5.33.